The molecule has 5 rings (SSSR count). The van der Waals surface area contributed by atoms with Gasteiger partial charge in [-0.3, -0.25) is 4.79 Å². The molecule has 1 spiro atoms. The number of hydrogen-bond acceptors (Lipinski definition) is 5. The zero-order valence-electron chi connectivity index (χ0n) is 19.6. The van der Waals surface area contributed by atoms with Crippen molar-refractivity contribution in [3.8, 4) is 0 Å². The van der Waals surface area contributed by atoms with Crippen LogP contribution >= 0.6 is 0 Å². The summed E-state index contributed by atoms with van der Waals surface area (Å²) >= 11 is 0. The number of fused-ring (bicyclic) bond motifs is 1. The number of H-pyrrole nitrogens is 1. The van der Waals surface area contributed by atoms with Crippen LogP contribution in [-0.2, 0) is 19.5 Å². The summed E-state index contributed by atoms with van der Waals surface area (Å²) in [6.45, 7) is 9.52. The third-order valence-electron chi connectivity index (χ3n) is 7.34. The largest absolute Gasteiger partial charge is 0.350 e. The molecule has 2 atom stereocenters. The molecule has 4 heterocycles. The van der Waals surface area contributed by atoms with Gasteiger partial charge >= 0.3 is 0 Å². The zero-order chi connectivity index (χ0) is 23.4. The summed E-state index contributed by atoms with van der Waals surface area (Å²) in [5.74, 6) is 0.0851. The summed E-state index contributed by atoms with van der Waals surface area (Å²) < 4.78 is 39.9. The van der Waals surface area contributed by atoms with Crippen LogP contribution in [0.15, 0.2) is 23.1 Å². The van der Waals surface area contributed by atoms with Gasteiger partial charge < -0.3 is 19.4 Å². The lowest BCUT2D eigenvalue weighted by Crippen LogP contribution is -2.47. The summed E-state index contributed by atoms with van der Waals surface area (Å²) in [6, 6.07) is 5.13. The maximum absolute atomic E-state index is 13.4. The van der Waals surface area contributed by atoms with Crippen LogP contribution in [0.1, 0.15) is 49.2 Å². The van der Waals surface area contributed by atoms with E-state index in [0.717, 1.165) is 22.9 Å². The van der Waals surface area contributed by atoms with E-state index in [1.807, 2.05) is 11.8 Å². The Bertz CT molecular complexity index is 1150. The third kappa shape index (κ3) is 4.09. The van der Waals surface area contributed by atoms with Gasteiger partial charge in [-0.05, 0) is 48.9 Å². The number of sulfonamides is 1. The molecular formula is C24H33N3O5S. The smallest absolute Gasteiger partial charge is 0.270 e. The first-order chi connectivity index (χ1) is 15.7. The van der Waals surface area contributed by atoms with Crippen molar-refractivity contribution in [2.75, 3.05) is 39.4 Å². The first kappa shape index (κ1) is 22.8. The van der Waals surface area contributed by atoms with Crippen LogP contribution in [0, 0.1) is 18.8 Å². The Morgan fingerprint density at radius 1 is 1.09 bits per heavy atom. The molecular weight excluding hydrogens is 442 g/mol. The van der Waals surface area contributed by atoms with E-state index in [-0.39, 0.29) is 10.8 Å². The molecule has 8 nitrogen and oxygen atoms in total. The SMILES string of the molecule is Cc1c(C(=O)N2CCC3(CC2)OCCO3)[nH]c2ccc(S(=O)(=O)N3CC(C)CC(C)C3)cc12. The molecule has 3 saturated heterocycles. The van der Waals surface area contributed by atoms with Crippen molar-refractivity contribution in [2.24, 2.45) is 11.8 Å². The summed E-state index contributed by atoms with van der Waals surface area (Å²) in [5, 5.41) is 0.772. The maximum atomic E-state index is 13.4. The number of aryl methyl sites for hydroxylation is 1. The van der Waals surface area contributed by atoms with Gasteiger partial charge in [-0.2, -0.15) is 4.31 Å². The lowest BCUT2D eigenvalue weighted by molar-refractivity contribution is -0.181. The molecule has 1 N–H and O–H groups in total. The number of carbonyl (C=O) groups excluding carboxylic acids is 1. The quantitative estimate of drug-likeness (QED) is 0.737. The molecule has 2 aromatic rings. The monoisotopic (exact) mass is 475 g/mol. The molecule has 1 aromatic heterocycles. The standard InChI is InChI=1S/C24H33N3O5S/c1-16-12-17(2)15-27(14-16)33(29,30)19-4-5-21-20(13-19)18(3)22(25-21)23(28)26-8-6-24(7-9-26)31-10-11-32-24/h4-5,13,16-17,25H,6-12,14-15H2,1-3H3. The van der Waals surface area contributed by atoms with E-state index in [4.69, 9.17) is 9.47 Å². The van der Waals surface area contributed by atoms with Crippen LogP contribution < -0.4 is 0 Å². The van der Waals surface area contributed by atoms with Crippen molar-refractivity contribution < 1.29 is 22.7 Å². The number of likely N-dealkylation sites (tertiary alicyclic amines) is 1. The molecule has 1 amide bonds. The Morgan fingerprint density at radius 3 is 2.36 bits per heavy atom. The molecule has 180 valence electrons. The number of nitrogens with zero attached hydrogens (tertiary/aromatic N) is 2. The predicted molar refractivity (Wildman–Crippen MR) is 125 cm³/mol. The van der Waals surface area contributed by atoms with Crippen LogP contribution in [0.25, 0.3) is 10.9 Å². The van der Waals surface area contributed by atoms with E-state index in [1.54, 1.807) is 22.5 Å². The highest BCUT2D eigenvalue weighted by Crippen LogP contribution is 2.33. The van der Waals surface area contributed by atoms with E-state index in [0.29, 0.717) is 69.8 Å². The molecule has 1 aromatic carbocycles. The molecule has 3 fully saturated rings. The van der Waals surface area contributed by atoms with Crippen LogP contribution in [0.5, 0.6) is 0 Å². The summed E-state index contributed by atoms with van der Waals surface area (Å²) in [6.07, 6.45) is 2.36. The van der Waals surface area contributed by atoms with Crippen molar-refractivity contribution in [1.29, 1.82) is 0 Å². The van der Waals surface area contributed by atoms with Crippen molar-refractivity contribution >= 4 is 26.8 Å². The number of piperidine rings is 2. The molecule has 0 saturated carbocycles. The molecule has 33 heavy (non-hydrogen) atoms. The van der Waals surface area contributed by atoms with Crippen molar-refractivity contribution in [1.82, 2.24) is 14.2 Å². The van der Waals surface area contributed by atoms with Gasteiger partial charge in [0.15, 0.2) is 5.79 Å². The van der Waals surface area contributed by atoms with Crippen LogP contribution in [0.4, 0.5) is 0 Å². The molecule has 0 aliphatic carbocycles. The van der Waals surface area contributed by atoms with E-state index in [1.165, 1.54) is 0 Å². The molecule has 3 aliphatic rings. The average Bonchev–Trinajstić information content (AvgIpc) is 3.37. The number of aromatic nitrogens is 1. The van der Waals surface area contributed by atoms with Crippen LogP contribution in [-0.4, -0.2) is 73.7 Å². The molecule has 9 heteroatoms. The Balaban J connectivity index is 1.39. The zero-order valence-corrected chi connectivity index (χ0v) is 20.4. The van der Waals surface area contributed by atoms with E-state index in [2.05, 4.69) is 18.8 Å². The Kier molecular flexibility index (Phi) is 5.79. The van der Waals surface area contributed by atoms with Crippen molar-refractivity contribution in [2.45, 2.75) is 50.7 Å². The van der Waals surface area contributed by atoms with Crippen LogP contribution in [0.3, 0.4) is 0 Å². The predicted octanol–water partition coefficient (Wildman–Crippen LogP) is 3.12. The lowest BCUT2D eigenvalue weighted by atomic mass is 9.94. The summed E-state index contributed by atoms with van der Waals surface area (Å²) in [5.41, 5.74) is 2.07. The number of carbonyl (C=O) groups is 1. The Morgan fingerprint density at radius 2 is 1.73 bits per heavy atom. The van der Waals surface area contributed by atoms with Gasteiger partial charge in [0.2, 0.25) is 10.0 Å². The van der Waals surface area contributed by atoms with Gasteiger partial charge in [-0.25, -0.2) is 8.42 Å². The minimum Gasteiger partial charge on any atom is -0.350 e. The number of rotatable bonds is 3. The lowest BCUT2D eigenvalue weighted by Gasteiger charge is -2.37. The van der Waals surface area contributed by atoms with E-state index >= 15 is 0 Å². The van der Waals surface area contributed by atoms with Gasteiger partial charge in [0, 0.05) is 49.9 Å². The van der Waals surface area contributed by atoms with Crippen molar-refractivity contribution in [3.63, 3.8) is 0 Å². The highest BCUT2D eigenvalue weighted by atomic mass is 32.2. The molecule has 3 aliphatic heterocycles. The first-order valence-electron chi connectivity index (χ1n) is 11.9. The van der Waals surface area contributed by atoms with Gasteiger partial charge in [-0.1, -0.05) is 13.8 Å². The second kappa shape index (κ2) is 8.37. The number of ether oxygens (including phenoxy) is 2. The highest BCUT2D eigenvalue weighted by Gasteiger charge is 2.41. The Labute approximate surface area is 195 Å². The second-order valence-corrected chi connectivity index (χ2v) is 11.9. The van der Waals surface area contributed by atoms with Gasteiger partial charge in [0.05, 0.1) is 18.1 Å². The number of aromatic amines is 1. The molecule has 0 radical (unpaired) electrons. The number of benzene rings is 1. The minimum atomic E-state index is -3.58. The fraction of sp³-hybridized carbons (Fsp3) is 0.625. The Hall–Kier alpha value is -1.94. The topological polar surface area (TPSA) is 91.9 Å². The number of hydrogen-bond donors (Lipinski definition) is 1. The third-order valence-corrected chi connectivity index (χ3v) is 9.17. The average molecular weight is 476 g/mol. The fourth-order valence-corrected chi connectivity index (χ4v) is 7.33. The van der Waals surface area contributed by atoms with Crippen molar-refractivity contribution in [3.05, 3.63) is 29.5 Å². The normalized spacial score (nSPS) is 26.3. The van der Waals surface area contributed by atoms with E-state index in [9.17, 15) is 13.2 Å². The number of amides is 1. The summed E-state index contributed by atoms with van der Waals surface area (Å²) in [7, 11) is -3.58. The van der Waals surface area contributed by atoms with Gasteiger partial charge in [-0.15, -0.1) is 0 Å². The molecule has 0 bridgehead atoms. The summed E-state index contributed by atoms with van der Waals surface area (Å²) in [4.78, 5) is 18.6. The molecule has 2 unspecified atom stereocenters. The fourth-order valence-electron chi connectivity index (χ4n) is 5.63. The van der Waals surface area contributed by atoms with E-state index < -0.39 is 15.8 Å². The highest BCUT2D eigenvalue weighted by molar-refractivity contribution is 7.89. The first-order valence-corrected chi connectivity index (χ1v) is 13.3. The van der Waals surface area contributed by atoms with Crippen LogP contribution in [0.2, 0.25) is 0 Å². The van der Waals surface area contributed by atoms with Gasteiger partial charge in [0.25, 0.3) is 5.91 Å². The number of nitrogens with one attached hydrogen (secondary N) is 1. The van der Waals surface area contributed by atoms with Gasteiger partial charge in [0.1, 0.15) is 5.69 Å². The second-order valence-electron chi connectivity index (χ2n) is 10.0. The maximum Gasteiger partial charge on any atom is 0.270 e. The minimum absolute atomic E-state index is 0.0698.